The van der Waals surface area contributed by atoms with Gasteiger partial charge in [0.25, 0.3) is 5.91 Å². The van der Waals surface area contributed by atoms with Gasteiger partial charge in [0.2, 0.25) is 6.17 Å². The molecule has 2 aliphatic heterocycles. The van der Waals surface area contributed by atoms with Crippen LogP contribution in [0.25, 0.3) is 0 Å². The summed E-state index contributed by atoms with van der Waals surface area (Å²) >= 11 is 0. The van der Waals surface area contributed by atoms with E-state index in [1.807, 2.05) is 0 Å². The van der Waals surface area contributed by atoms with Crippen LogP contribution in [0.5, 0.6) is 0 Å². The first-order valence-electron chi connectivity index (χ1n) is 7.15. The van der Waals surface area contributed by atoms with Gasteiger partial charge in [-0.25, -0.2) is 14.6 Å². The lowest BCUT2D eigenvalue weighted by Gasteiger charge is -2.36. The molecule has 2 heterocycles. The number of hydrazine groups is 1. The molecule has 2 aliphatic rings. The van der Waals surface area contributed by atoms with Crippen LogP contribution >= 0.6 is 7.82 Å². The molecule has 1 unspecified atom stereocenters. The van der Waals surface area contributed by atoms with Crippen LogP contribution in [0.2, 0.25) is 0 Å². The fourth-order valence-electron chi connectivity index (χ4n) is 2.24. The van der Waals surface area contributed by atoms with Gasteiger partial charge in [0, 0.05) is 6.92 Å². The maximum Gasteiger partial charge on any atom is 0.510 e. The summed E-state index contributed by atoms with van der Waals surface area (Å²) < 4.78 is 26.6. The molecule has 2 atom stereocenters. The molecule has 2 rings (SSSR count). The lowest BCUT2D eigenvalue weighted by atomic mass is 10.4. The van der Waals surface area contributed by atoms with E-state index in [4.69, 9.17) is 13.9 Å². The van der Waals surface area contributed by atoms with Crippen molar-refractivity contribution in [2.75, 3.05) is 19.8 Å². The van der Waals surface area contributed by atoms with E-state index in [9.17, 15) is 24.4 Å². The number of nitrogens with zero attached hydrogens (tertiary/aromatic N) is 4. The predicted molar refractivity (Wildman–Crippen MR) is 77.9 cm³/mol. The molecule has 0 aromatic heterocycles. The molecule has 1 saturated heterocycles. The fraction of sp³-hybridized carbons (Fsp3) is 0.727. The van der Waals surface area contributed by atoms with Crippen LogP contribution in [0.3, 0.4) is 0 Å². The summed E-state index contributed by atoms with van der Waals surface area (Å²) in [6.07, 6.45) is -0.481. The summed E-state index contributed by atoms with van der Waals surface area (Å²) in [7, 11) is -4.57. The van der Waals surface area contributed by atoms with E-state index < -0.39 is 30.8 Å². The number of phosphoric ester groups is 1. The van der Waals surface area contributed by atoms with Crippen molar-refractivity contribution in [1.29, 1.82) is 0 Å². The first-order chi connectivity index (χ1) is 11.1. The van der Waals surface area contributed by atoms with Gasteiger partial charge >= 0.3 is 13.6 Å². The van der Waals surface area contributed by atoms with Crippen LogP contribution in [-0.2, 0) is 23.2 Å². The molecule has 24 heavy (non-hydrogen) atoms. The Morgan fingerprint density at radius 2 is 2.21 bits per heavy atom. The minimum absolute atomic E-state index is 0.152. The highest BCUT2D eigenvalue weighted by molar-refractivity contribution is 7.47. The number of ether oxygens (including phenoxy) is 1. The zero-order valence-corrected chi connectivity index (χ0v) is 14.3. The monoisotopic (exact) mass is 366 g/mol. The van der Waals surface area contributed by atoms with E-state index in [0.717, 1.165) is 6.20 Å². The maximum atomic E-state index is 11.9. The van der Waals surface area contributed by atoms with Crippen molar-refractivity contribution < 1.29 is 33.1 Å². The number of hydrogen-bond donors (Lipinski definition) is 1. The molecular formula is C11H19N4O8P. The van der Waals surface area contributed by atoms with Gasteiger partial charge in [0.1, 0.15) is 12.8 Å². The Hall–Kier alpha value is -1.72. The Bertz CT molecular complexity index is 597. The van der Waals surface area contributed by atoms with Crippen LogP contribution in [0.4, 0.5) is 0 Å². The third kappa shape index (κ3) is 4.02. The van der Waals surface area contributed by atoms with Crippen LogP contribution in [0, 0.1) is 10.1 Å². The lowest BCUT2D eigenvalue weighted by Crippen LogP contribution is -2.54. The molecule has 0 saturated carbocycles. The third-order valence-electron chi connectivity index (χ3n) is 3.16. The van der Waals surface area contributed by atoms with E-state index in [1.165, 1.54) is 30.8 Å². The Balaban J connectivity index is 2.22. The number of rotatable bonds is 6. The zero-order valence-electron chi connectivity index (χ0n) is 13.4. The van der Waals surface area contributed by atoms with Crippen LogP contribution in [-0.4, -0.2) is 62.8 Å². The molecule has 1 fully saturated rings. The maximum absolute atomic E-state index is 11.9. The summed E-state index contributed by atoms with van der Waals surface area (Å²) in [5.74, 6) is -0.983. The second kappa shape index (κ2) is 7.03. The van der Waals surface area contributed by atoms with Crippen LogP contribution in [0.15, 0.2) is 12.0 Å². The average molecular weight is 366 g/mol. The molecule has 136 valence electrons. The second-order valence-electron chi connectivity index (χ2n) is 5.36. The Morgan fingerprint density at radius 3 is 2.75 bits per heavy atom. The zero-order chi connectivity index (χ0) is 18.1. The number of morpholine rings is 1. The molecule has 0 spiro atoms. The molecular weight excluding hydrogens is 347 g/mol. The van der Waals surface area contributed by atoms with Crippen LogP contribution in [0.1, 0.15) is 20.8 Å². The summed E-state index contributed by atoms with van der Waals surface area (Å²) in [5, 5.41) is 14.4. The minimum Gasteiger partial charge on any atom is -0.370 e. The van der Waals surface area contributed by atoms with E-state index in [0.29, 0.717) is 5.06 Å². The molecule has 0 aromatic carbocycles. The average Bonchev–Trinajstić information content (AvgIpc) is 2.75. The molecule has 0 radical (unpaired) electrons. The van der Waals surface area contributed by atoms with Crippen molar-refractivity contribution in [1.82, 2.24) is 15.1 Å². The largest absolute Gasteiger partial charge is 0.510 e. The molecule has 1 N–H and O–H groups in total. The van der Waals surface area contributed by atoms with E-state index in [-0.39, 0.29) is 25.7 Å². The molecule has 13 heteroatoms. The molecule has 12 nitrogen and oxygen atoms in total. The van der Waals surface area contributed by atoms with Crippen molar-refractivity contribution in [2.24, 2.45) is 0 Å². The summed E-state index contributed by atoms with van der Waals surface area (Å²) in [4.78, 5) is 32.1. The Kier molecular flexibility index (Phi) is 5.45. The SMILES string of the molecule is CC(C)OP(=O)(O)ON1C([N+](=O)[O-])=CN(N2CCOCC2=O)[C@@H]1C. The van der Waals surface area contributed by atoms with E-state index >= 15 is 0 Å². The highest BCUT2D eigenvalue weighted by Gasteiger charge is 2.48. The van der Waals surface area contributed by atoms with Crippen molar-refractivity contribution in [3.05, 3.63) is 22.1 Å². The first-order valence-corrected chi connectivity index (χ1v) is 8.64. The number of carbonyl (C=O) groups is 1. The van der Waals surface area contributed by atoms with Gasteiger partial charge in [-0.15, -0.1) is 0 Å². The van der Waals surface area contributed by atoms with Crippen molar-refractivity contribution in [3.63, 3.8) is 0 Å². The lowest BCUT2D eigenvalue weighted by molar-refractivity contribution is -0.462. The molecule has 0 aromatic rings. The van der Waals surface area contributed by atoms with Crippen molar-refractivity contribution >= 4 is 13.7 Å². The van der Waals surface area contributed by atoms with Crippen molar-refractivity contribution in [2.45, 2.75) is 33.0 Å². The smallest absolute Gasteiger partial charge is 0.370 e. The molecule has 0 bridgehead atoms. The summed E-state index contributed by atoms with van der Waals surface area (Å²) in [5.41, 5.74) is 0. The summed E-state index contributed by atoms with van der Waals surface area (Å²) in [6, 6.07) is 0. The van der Waals surface area contributed by atoms with Gasteiger partial charge in [-0.2, -0.15) is 0 Å². The topological polar surface area (TPSA) is 135 Å². The summed E-state index contributed by atoms with van der Waals surface area (Å²) in [6.45, 7) is 4.82. The Morgan fingerprint density at radius 1 is 1.54 bits per heavy atom. The third-order valence-corrected chi connectivity index (χ3v) is 4.23. The second-order valence-corrected chi connectivity index (χ2v) is 6.67. The number of hydrogen-bond acceptors (Lipinski definition) is 9. The predicted octanol–water partition coefficient (Wildman–Crippen LogP) is 0.256. The number of phosphoric acid groups is 1. The van der Waals surface area contributed by atoms with Gasteiger partial charge in [0.15, 0.2) is 0 Å². The quantitative estimate of drug-likeness (QED) is 0.396. The van der Waals surface area contributed by atoms with Crippen molar-refractivity contribution in [3.8, 4) is 0 Å². The highest BCUT2D eigenvalue weighted by Crippen LogP contribution is 2.48. The normalized spacial score (nSPS) is 24.4. The van der Waals surface area contributed by atoms with Crippen LogP contribution < -0.4 is 0 Å². The van der Waals surface area contributed by atoms with Gasteiger partial charge in [-0.05, 0) is 18.8 Å². The number of hydroxylamine groups is 2. The van der Waals surface area contributed by atoms with E-state index in [2.05, 4.69) is 0 Å². The highest BCUT2D eigenvalue weighted by atomic mass is 31.2. The minimum atomic E-state index is -4.57. The number of amides is 1. The fourth-order valence-corrected chi connectivity index (χ4v) is 3.26. The van der Waals surface area contributed by atoms with Gasteiger partial charge in [0.05, 0.1) is 19.3 Å². The van der Waals surface area contributed by atoms with E-state index in [1.54, 1.807) is 0 Å². The molecule has 0 aliphatic carbocycles. The van der Waals surface area contributed by atoms with Gasteiger partial charge < -0.3 is 19.7 Å². The van der Waals surface area contributed by atoms with Gasteiger partial charge in [-0.3, -0.25) is 9.32 Å². The van der Waals surface area contributed by atoms with Gasteiger partial charge in [-0.1, -0.05) is 9.69 Å². The molecule has 1 amide bonds. The first kappa shape index (κ1) is 18.6. The standard InChI is InChI=1S/C11H19N4O8P/c1-8(2)22-24(19,20)23-14-9(3)13(6-10(14)15(17)18)12-4-5-21-7-11(12)16/h6,8-9H,4-5,7H2,1-3H3,(H,19,20)/t9-/m0/s1. The Labute approximate surface area is 137 Å². The number of carbonyl (C=O) groups excluding carboxylic acids is 1. The number of nitro groups is 1.